The third-order valence-corrected chi connectivity index (χ3v) is 2.51. The Kier molecular flexibility index (Phi) is 2.15. The number of aryl methyl sites for hydroxylation is 1. The number of carbonyl (C=O) groups is 1. The molecule has 3 N–H and O–H groups in total. The summed E-state index contributed by atoms with van der Waals surface area (Å²) < 4.78 is 0. The molecular formula is C11H14N2O. The number of nitrogens with two attached hydrogens (primary N) is 1. The fourth-order valence-electron chi connectivity index (χ4n) is 1.82. The van der Waals surface area contributed by atoms with Crippen molar-refractivity contribution in [1.29, 1.82) is 0 Å². The van der Waals surface area contributed by atoms with Crippen LogP contribution in [0.2, 0.25) is 0 Å². The minimum Gasteiger partial charge on any atom is -0.398 e. The van der Waals surface area contributed by atoms with Crippen LogP contribution in [0.5, 0.6) is 0 Å². The van der Waals surface area contributed by atoms with Gasteiger partial charge in [0.25, 0.3) is 0 Å². The van der Waals surface area contributed by atoms with Crippen LogP contribution in [-0.2, 0) is 17.6 Å². The summed E-state index contributed by atoms with van der Waals surface area (Å²) in [5, 5.41) is 2.83. The van der Waals surface area contributed by atoms with Crippen LogP contribution in [0.25, 0.3) is 0 Å². The maximum absolute atomic E-state index is 11.1. The molecule has 0 saturated heterocycles. The van der Waals surface area contributed by atoms with E-state index in [4.69, 9.17) is 5.73 Å². The molecule has 0 unspecified atom stereocenters. The molecule has 74 valence electrons. The van der Waals surface area contributed by atoms with Crippen molar-refractivity contribution >= 4 is 17.3 Å². The first-order valence-corrected chi connectivity index (χ1v) is 4.92. The Morgan fingerprint density at radius 2 is 2.29 bits per heavy atom. The van der Waals surface area contributed by atoms with Gasteiger partial charge in [0.2, 0.25) is 5.91 Å². The fraction of sp³-hybridized carbons (Fsp3) is 0.364. The van der Waals surface area contributed by atoms with E-state index in [9.17, 15) is 4.79 Å². The third kappa shape index (κ3) is 1.45. The smallest absolute Gasteiger partial charge is 0.228 e. The number of fused-ring (bicyclic) bond motifs is 1. The predicted octanol–water partition coefficient (Wildman–Crippen LogP) is 1.72. The van der Waals surface area contributed by atoms with E-state index >= 15 is 0 Å². The van der Waals surface area contributed by atoms with Crippen LogP contribution in [0.15, 0.2) is 12.1 Å². The van der Waals surface area contributed by atoms with Gasteiger partial charge < -0.3 is 11.1 Å². The molecule has 1 amide bonds. The van der Waals surface area contributed by atoms with E-state index in [0.717, 1.165) is 35.3 Å². The van der Waals surface area contributed by atoms with E-state index in [1.165, 1.54) is 0 Å². The molecule has 2 rings (SSSR count). The maximum Gasteiger partial charge on any atom is 0.228 e. The molecule has 1 aromatic carbocycles. The summed E-state index contributed by atoms with van der Waals surface area (Å²) in [6.07, 6.45) is 2.50. The van der Waals surface area contributed by atoms with Gasteiger partial charge in [0.05, 0.1) is 6.42 Å². The number of hydrogen-bond donors (Lipinski definition) is 2. The summed E-state index contributed by atoms with van der Waals surface area (Å²) in [6, 6.07) is 3.91. The zero-order valence-electron chi connectivity index (χ0n) is 8.26. The van der Waals surface area contributed by atoms with Crippen LogP contribution in [-0.4, -0.2) is 5.91 Å². The lowest BCUT2D eigenvalue weighted by molar-refractivity contribution is -0.115. The van der Waals surface area contributed by atoms with Gasteiger partial charge in [0.1, 0.15) is 0 Å². The summed E-state index contributed by atoms with van der Waals surface area (Å²) in [5.41, 5.74) is 9.78. The topological polar surface area (TPSA) is 55.1 Å². The highest BCUT2D eigenvalue weighted by atomic mass is 16.1. The minimum atomic E-state index is 0.0630. The predicted molar refractivity (Wildman–Crippen MR) is 57.2 cm³/mol. The highest BCUT2D eigenvalue weighted by Crippen LogP contribution is 2.28. The van der Waals surface area contributed by atoms with Gasteiger partial charge >= 0.3 is 0 Å². The first kappa shape index (κ1) is 9.06. The van der Waals surface area contributed by atoms with Crippen LogP contribution in [0.4, 0.5) is 11.4 Å². The van der Waals surface area contributed by atoms with Crippen LogP contribution >= 0.6 is 0 Å². The summed E-state index contributed by atoms with van der Waals surface area (Å²) in [5.74, 6) is 0.0630. The lowest BCUT2D eigenvalue weighted by Crippen LogP contribution is -2.03. The molecule has 1 heterocycles. The lowest BCUT2D eigenvalue weighted by Gasteiger charge is -2.07. The van der Waals surface area contributed by atoms with Crippen molar-refractivity contribution in [2.24, 2.45) is 0 Å². The Balaban J connectivity index is 2.39. The molecular weight excluding hydrogens is 176 g/mol. The summed E-state index contributed by atoms with van der Waals surface area (Å²) in [6.45, 7) is 2.12. The number of amides is 1. The highest BCUT2D eigenvalue weighted by Gasteiger charge is 2.18. The molecule has 0 aliphatic carbocycles. The molecule has 3 nitrogen and oxygen atoms in total. The van der Waals surface area contributed by atoms with Gasteiger partial charge in [-0.3, -0.25) is 4.79 Å². The fourth-order valence-corrected chi connectivity index (χ4v) is 1.82. The average Bonchev–Trinajstić information content (AvgIpc) is 2.45. The second kappa shape index (κ2) is 3.33. The zero-order chi connectivity index (χ0) is 10.1. The van der Waals surface area contributed by atoms with E-state index in [1.807, 2.05) is 12.1 Å². The number of rotatable bonds is 2. The number of hydrogen-bond acceptors (Lipinski definition) is 2. The van der Waals surface area contributed by atoms with Crippen molar-refractivity contribution in [2.45, 2.75) is 26.2 Å². The van der Waals surface area contributed by atoms with Gasteiger partial charge in [-0.2, -0.15) is 0 Å². The Labute approximate surface area is 83.3 Å². The standard InChI is InChI=1S/C11H14N2O/c1-2-3-7-5-10-8(4-9(7)12)6-11(14)13-10/h4-5H,2-3,6,12H2,1H3,(H,13,14). The molecule has 0 aromatic heterocycles. The Bertz CT molecular complexity index is 385. The van der Waals surface area contributed by atoms with Crippen LogP contribution in [0, 0.1) is 0 Å². The van der Waals surface area contributed by atoms with E-state index in [1.54, 1.807) is 0 Å². The second-order valence-electron chi connectivity index (χ2n) is 3.68. The van der Waals surface area contributed by atoms with Gasteiger partial charge in [0.15, 0.2) is 0 Å². The summed E-state index contributed by atoms with van der Waals surface area (Å²) >= 11 is 0. The molecule has 0 spiro atoms. The first-order chi connectivity index (χ1) is 6.70. The van der Waals surface area contributed by atoms with Crippen LogP contribution in [0.3, 0.4) is 0 Å². The van der Waals surface area contributed by atoms with Gasteiger partial charge in [-0.05, 0) is 29.7 Å². The second-order valence-corrected chi connectivity index (χ2v) is 3.68. The largest absolute Gasteiger partial charge is 0.398 e. The van der Waals surface area contributed by atoms with E-state index in [-0.39, 0.29) is 5.91 Å². The molecule has 0 bridgehead atoms. The van der Waals surface area contributed by atoms with E-state index in [2.05, 4.69) is 12.2 Å². The van der Waals surface area contributed by atoms with Gasteiger partial charge in [-0.15, -0.1) is 0 Å². The van der Waals surface area contributed by atoms with Crippen molar-refractivity contribution < 1.29 is 4.79 Å². The SMILES string of the molecule is CCCc1cc2c(cc1N)CC(=O)N2. The maximum atomic E-state index is 11.1. The van der Waals surface area contributed by atoms with Crippen molar-refractivity contribution in [3.05, 3.63) is 23.3 Å². The number of nitrogen functional groups attached to an aromatic ring is 1. The minimum absolute atomic E-state index is 0.0630. The zero-order valence-corrected chi connectivity index (χ0v) is 8.26. The number of carbonyl (C=O) groups excluding carboxylic acids is 1. The number of anilines is 2. The lowest BCUT2D eigenvalue weighted by atomic mass is 10.0. The summed E-state index contributed by atoms with van der Waals surface area (Å²) in [4.78, 5) is 11.1. The van der Waals surface area contributed by atoms with Crippen molar-refractivity contribution in [1.82, 2.24) is 0 Å². The molecule has 1 aliphatic heterocycles. The molecule has 0 fully saturated rings. The highest BCUT2D eigenvalue weighted by molar-refractivity contribution is 5.99. The monoisotopic (exact) mass is 190 g/mol. The van der Waals surface area contributed by atoms with E-state index in [0.29, 0.717) is 6.42 Å². The Morgan fingerprint density at radius 1 is 1.50 bits per heavy atom. The molecule has 1 aliphatic rings. The quantitative estimate of drug-likeness (QED) is 0.697. The Hall–Kier alpha value is -1.51. The molecule has 3 heteroatoms. The van der Waals surface area contributed by atoms with Gasteiger partial charge in [-0.1, -0.05) is 13.3 Å². The molecule has 0 radical (unpaired) electrons. The Morgan fingerprint density at radius 3 is 3.00 bits per heavy atom. The van der Waals surface area contributed by atoms with Crippen LogP contribution < -0.4 is 11.1 Å². The molecule has 0 atom stereocenters. The van der Waals surface area contributed by atoms with E-state index < -0.39 is 0 Å². The van der Waals surface area contributed by atoms with Crippen molar-refractivity contribution in [2.75, 3.05) is 11.1 Å². The van der Waals surface area contributed by atoms with Gasteiger partial charge in [-0.25, -0.2) is 0 Å². The number of nitrogens with one attached hydrogen (secondary N) is 1. The number of benzene rings is 1. The first-order valence-electron chi connectivity index (χ1n) is 4.92. The average molecular weight is 190 g/mol. The van der Waals surface area contributed by atoms with Crippen molar-refractivity contribution in [3.63, 3.8) is 0 Å². The molecule has 14 heavy (non-hydrogen) atoms. The third-order valence-electron chi connectivity index (χ3n) is 2.51. The normalized spacial score (nSPS) is 13.9. The summed E-state index contributed by atoms with van der Waals surface area (Å²) in [7, 11) is 0. The van der Waals surface area contributed by atoms with Gasteiger partial charge in [0, 0.05) is 11.4 Å². The molecule has 1 aromatic rings. The molecule has 0 saturated carbocycles. The van der Waals surface area contributed by atoms with Crippen molar-refractivity contribution in [3.8, 4) is 0 Å². The van der Waals surface area contributed by atoms with Crippen LogP contribution in [0.1, 0.15) is 24.5 Å².